The van der Waals surface area contributed by atoms with Crippen LogP contribution >= 0.6 is 11.3 Å². The lowest BCUT2D eigenvalue weighted by Gasteiger charge is -2.04. The van der Waals surface area contributed by atoms with Crippen molar-refractivity contribution in [3.63, 3.8) is 0 Å². The van der Waals surface area contributed by atoms with Gasteiger partial charge in [-0.05, 0) is 35.9 Å². The van der Waals surface area contributed by atoms with Crippen molar-refractivity contribution in [2.24, 2.45) is 17.3 Å². The highest BCUT2D eigenvalue weighted by Crippen LogP contribution is 2.28. The van der Waals surface area contributed by atoms with Gasteiger partial charge in [-0.2, -0.15) is 0 Å². The Balaban J connectivity index is 1.72. The first kappa shape index (κ1) is 18.6. The summed E-state index contributed by atoms with van der Waals surface area (Å²) >= 11 is 1.37. The molecule has 1 aromatic heterocycles. The molecule has 10 heteroatoms. The van der Waals surface area contributed by atoms with Crippen LogP contribution in [-0.2, 0) is 11.8 Å². The van der Waals surface area contributed by atoms with Crippen LogP contribution in [0.5, 0.6) is 5.75 Å². The monoisotopic (exact) mass is 409 g/mol. The number of methoxy groups -OCH3 is 1. The molecule has 0 spiro atoms. The molecule has 4 rings (SSSR count). The van der Waals surface area contributed by atoms with Gasteiger partial charge in [-0.25, -0.2) is 0 Å². The minimum atomic E-state index is -0.516. The van der Waals surface area contributed by atoms with Crippen molar-refractivity contribution >= 4 is 34.3 Å². The minimum Gasteiger partial charge on any atom is -0.497 e. The van der Waals surface area contributed by atoms with Gasteiger partial charge in [-0.1, -0.05) is 0 Å². The Morgan fingerprint density at radius 3 is 2.62 bits per heavy atom. The summed E-state index contributed by atoms with van der Waals surface area (Å²) in [6.07, 6.45) is 0. The topological polar surface area (TPSA) is 111 Å². The fraction of sp³-hybridized carbons (Fsp3) is 0.105. The molecule has 0 fully saturated rings. The van der Waals surface area contributed by atoms with E-state index in [9.17, 15) is 14.9 Å². The smallest absolute Gasteiger partial charge is 0.276 e. The van der Waals surface area contributed by atoms with E-state index in [1.54, 1.807) is 7.11 Å². The van der Waals surface area contributed by atoms with E-state index in [2.05, 4.69) is 15.5 Å². The number of carbonyl (C=O) groups excluding carboxylic acids is 1. The van der Waals surface area contributed by atoms with Crippen LogP contribution in [0, 0.1) is 10.1 Å². The second-order valence-corrected chi connectivity index (χ2v) is 7.02. The van der Waals surface area contributed by atoms with Gasteiger partial charge >= 0.3 is 0 Å². The Hall–Kier alpha value is -3.79. The zero-order chi connectivity index (χ0) is 20.5. The van der Waals surface area contributed by atoms with Crippen LogP contribution in [0.2, 0.25) is 0 Å². The molecule has 2 heterocycles. The maximum Gasteiger partial charge on any atom is 0.276 e. The number of anilines is 1. The molecule has 2 aromatic carbocycles. The molecule has 3 aromatic rings. The Morgan fingerprint density at radius 2 is 1.93 bits per heavy atom. The van der Waals surface area contributed by atoms with Crippen LogP contribution in [0.1, 0.15) is 5.56 Å². The molecule has 29 heavy (non-hydrogen) atoms. The normalized spacial score (nSPS) is 14.8. The summed E-state index contributed by atoms with van der Waals surface area (Å²) in [5.41, 5.74) is 2.69. The molecule has 1 amide bonds. The predicted molar refractivity (Wildman–Crippen MR) is 109 cm³/mol. The first-order valence-electron chi connectivity index (χ1n) is 8.48. The van der Waals surface area contributed by atoms with Crippen molar-refractivity contribution in [3.05, 3.63) is 68.3 Å². The van der Waals surface area contributed by atoms with Crippen molar-refractivity contribution in [1.29, 1.82) is 0 Å². The summed E-state index contributed by atoms with van der Waals surface area (Å²) in [7, 11) is 3.46. The van der Waals surface area contributed by atoms with E-state index in [0.717, 1.165) is 17.0 Å². The quantitative estimate of drug-likeness (QED) is 0.527. The van der Waals surface area contributed by atoms with Crippen LogP contribution in [0.4, 0.5) is 11.4 Å². The number of nitrogens with one attached hydrogen (secondary N) is 1. The highest BCUT2D eigenvalue weighted by atomic mass is 32.1. The number of amides is 1. The largest absolute Gasteiger partial charge is 0.497 e. The van der Waals surface area contributed by atoms with E-state index in [-0.39, 0.29) is 11.4 Å². The van der Waals surface area contributed by atoms with Crippen LogP contribution in [0.3, 0.4) is 0 Å². The Labute approximate surface area is 168 Å². The number of carbonyl (C=O) groups is 1. The summed E-state index contributed by atoms with van der Waals surface area (Å²) in [5.74, 6) is 0.321. The van der Waals surface area contributed by atoms with E-state index < -0.39 is 10.8 Å². The number of ether oxygens (including phenoxy) is 1. The van der Waals surface area contributed by atoms with Gasteiger partial charge in [-0.15, -0.1) is 21.5 Å². The lowest BCUT2D eigenvalue weighted by atomic mass is 10.1. The molecule has 1 N–H and O–H groups in total. The average molecular weight is 409 g/mol. The second kappa shape index (κ2) is 7.32. The number of hydrogen-bond acceptors (Lipinski definition) is 7. The van der Waals surface area contributed by atoms with Gasteiger partial charge in [0.1, 0.15) is 5.75 Å². The molecule has 0 saturated carbocycles. The number of hydrogen-bond donors (Lipinski definition) is 1. The molecule has 0 bridgehead atoms. The molecule has 0 atom stereocenters. The number of rotatable bonds is 4. The summed E-state index contributed by atoms with van der Waals surface area (Å²) in [6, 6.07) is 11.8. The third-order valence-corrected chi connectivity index (χ3v) is 5.39. The van der Waals surface area contributed by atoms with E-state index in [1.165, 1.54) is 29.5 Å². The van der Waals surface area contributed by atoms with E-state index in [0.29, 0.717) is 16.1 Å². The second-order valence-electron chi connectivity index (χ2n) is 6.18. The molecule has 9 nitrogen and oxygen atoms in total. The highest BCUT2D eigenvalue weighted by Gasteiger charge is 2.28. The Bertz CT molecular complexity index is 1220. The van der Waals surface area contributed by atoms with Gasteiger partial charge in [0.05, 0.1) is 23.4 Å². The molecular weight excluding hydrogens is 394 g/mol. The van der Waals surface area contributed by atoms with E-state index >= 15 is 0 Å². The third kappa shape index (κ3) is 3.41. The van der Waals surface area contributed by atoms with Gasteiger partial charge in [-0.3, -0.25) is 14.9 Å². The van der Waals surface area contributed by atoms with Crippen molar-refractivity contribution in [3.8, 4) is 17.0 Å². The Morgan fingerprint density at radius 1 is 1.17 bits per heavy atom. The summed E-state index contributed by atoms with van der Waals surface area (Å²) < 4.78 is 7.04. The molecule has 0 radical (unpaired) electrons. The van der Waals surface area contributed by atoms with Crippen LogP contribution in [0.15, 0.2) is 58.0 Å². The molecule has 146 valence electrons. The van der Waals surface area contributed by atoms with Gasteiger partial charge in [0.15, 0.2) is 5.71 Å². The van der Waals surface area contributed by atoms with Gasteiger partial charge < -0.3 is 14.6 Å². The Kier molecular flexibility index (Phi) is 4.69. The van der Waals surface area contributed by atoms with Gasteiger partial charge in [0.25, 0.3) is 11.6 Å². The van der Waals surface area contributed by atoms with Crippen molar-refractivity contribution in [2.75, 3.05) is 12.4 Å². The summed E-state index contributed by atoms with van der Waals surface area (Å²) in [5, 5.41) is 23.9. The number of aromatic nitrogens is 1. The van der Waals surface area contributed by atoms with Crippen molar-refractivity contribution < 1.29 is 14.5 Å². The lowest BCUT2D eigenvalue weighted by molar-refractivity contribution is -0.384. The van der Waals surface area contributed by atoms with Crippen molar-refractivity contribution in [1.82, 2.24) is 4.57 Å². The summed E-state index contributed by atoms with van der Waals surface area (Å²) in [4.78, 5) is 23.3. The fourth-order valence-corrected chi connectivity index (χ4v) is 3.79. The van der Waals surface area contributed by atoms with E-state index in [1.807, 2.05) is 41.3 Å². The molecule has 1 aliphatic rings. The molecule has 0 unspecified atom stereocenters. The number of thiazole rings is 1. The highest BCUT2D eigenvalue weighted by molar-refractivity contribution is 7.07. The van der Waals surface area contributed by atoms with E-state index in [4.69, 9.17) is 4.74 Å². The van der Waals surface area contributed by atoms with Crippen LogP contribution in [0.25, 0.3) is 11.3 Å². The molecule has 0 saturated heterocycles. The number of fused-ring (bicyclic) bond motifs is 1. The number of benzene rings is 2. The number of nitrogens with zero attached hydrogens (tertiary/aromatic N) is 4. The van der Waals surface area contributed by atoms with Gasteiger partial charge in [0.2, 0.25) is 4.80 Å². The SMILES string of the molecule is COc1ccc(-c2cs/c(=N/N=C3\C(=O)Nc4ccc([N+](=O)[O-])cc43)n2C)cc1. The molecule has 1 aliphatic heterocycles. The number of nitro benzene ring substituents is 1. The first-order valence-corrected chi connectivity index (χ1v) is 9.36. The number of nitro groups is 1. The van der Waals surface area contributed by atoms with Crippen LogP contribution in [-0.4, -0.2) is 28.2 Å². The first-order chi connectivity index (χ1) is 14.0. The predicted octanol–water partition coefficient (Wildman–Crippen LogP) is 2.93. The fourth-order valence-electron chi connectivity index (χ4n) is 2.93. The summed E-state index contributed by atoms with van der Waals surface area (Å²) in [6.45, 7) is 0. The van der Waals surface area contributed by atoms with Gasteiger partial charge in [0, 0.05) is 30.1 Å². The zero-order valence-corrected chi connectivity index (χ0v) is 16.3. The maximum atomic E-state index is 12.2. The average Bonchev–Trinajstić information content (AvgIpc) is 3.24. The zero-order valence-electron chi connectivity index (χ0n) is 15.4. The van der Waals surface area contributed by atoms with Crippen LogP contribution < -0.4 is 14.9 Å². The molecular formula is C19H15N5O4S. The molecule has 0 aliphatic carbocycles. The number of non-ortho nitro benzene ring substituents is 1. The minimum absolute atomic E-state index is 0.0445. The standard InChI is InChI=1S/C19H15N5O4S/c1-23-16(11-3-6-13(28-2)7-4-11)10-29-19(23)22-21-17-14-9-12(24(26)27)5-8-15(14)20-18(17)25/h3-10H,1-2H3,(H,20,21,25)/b22-19+. The lowest BCUT2D eigenvalue weighted by Crippen LogP contribution is -2.15. The van der Waals surface area contributed by atoms with Crippen molar-refractivity contribution in [2.45, 2.75) is 0 Å². The maximum absolute atomic E-state index is 12.2. The third-order valence-electron chi connectivity index (χ3n) is 4.48.